The summed E-state index contributed by atoms with van der Waals surface area (Å²) >= 11 is 6.00. The van der Waals surface area contributed by atoms with Gasteiger partial charge in [0.25, 0.3) is 0 Å². The molecule has 5 heteroatoms. The molecular weight excluding hydrogens is 242 g/mol. The lowest BCUT2D eigenvalue weighted by molar-refractivity contribution is 0.0695. The Labute approximate surface area is 103 Å². The number of benzene rings is 1. The minimum Gasteiger partial charge on any atom is -0.494 e. The maximum atomic E-state index is 11.3. The fourth-order valence-corrected chi connectivity index (χ4v) is 2.03. The zero-order valence-corrected chi connectivity index (χ0v) is 10.1. The smallest absolute Gasteiger partial charge is 0.340 e. The quantitative estimate of drug-likeness (QED) is 0.892. The topological polar surface area (TPSA) is 59.4 Å². The molecule has 1 N–H and O–H groups in total. The van der Waals surface area contributed by atoms with Crippen molar-refractivity contribution in [1.82, 2.24) is 4.98 Å². The molecule has 2 aromatic rings. The van der Waals surface area contributed by atoms with E-state index < -0.39 is 5.97 Å². The van der Waals surface area contributed by atoms with Crippen LogP contribution in [0.25, 0.3) is 10.9 Å². The first-order chi connectivity index (χ1) is 8.06. The van der Waals surface area contributed by atoms with Gasteiger partial charge in [-0.25, -0.2) is 9.78 Å². The molecule has 0 atom stereocenters. The number of hydrogen-bond donors (Lipinski definition) is 1. The van der Waals surface area contributed by atoms with E-state index in [0.29, 0.717) is 21.6 Å². The van der Waals surface area contributed by atoms with E-state index in [-0.39, 0.29) is 11.3 Å². The first-order valence-corrected chi connectivity index (χ1v) is 5.30. The molecule has 0 saturated heterocycles. The van der Waals surface area contributed by atoms with Crippen LogP contribution in [0.3, 0.4) is 0 Å². The average molecular weight is 252 g/mol. The highest BCUT2D eigenvalue weighted by molar-refractivity contribution is 6.35. The molecule has 1 aromatic heterocycles. The van der Waals surface area contributed by atoms with Crippen molar-refractivity contribution in [3.8, 4) is 5.75 Å². The van der Waals surface area contributed by atoms with Gasteiger partial charge in [-0.3, -0.25) is 0 Å². The molecule has 4 nitrogen and oxygen atoms in total. The summed E-state index contributed by atoms with van der Waals surface area (Å²) < 4.78 is 5.10. The molecule has 0 unspecified atom stereocenters. The minimum absolute atomic E-state index is 0.0949. The number of halogens is 1. The average Bonchev–Trinajstić information content (AvgIpc) is 2.28. The number of pyridine rings is 1. The molecule has 0 bridgehead atoms. The Kier molecular flexibility index (Phi) is 2.90. The lowest BCUT2D eigenvalue weighted by Gasteiger charge is -2.11. The van der Waals surface area contributed by atoms with Gasteiger partial charge in [-0.2, -0.15) is 0 Å². The van der Waals surface area contributed by atoms with Gasteiger partial charge < -0.3 is 9.84 Å². The number of nitrogens with zero attached hydrogens (tertiary/aromatic N) is 1. The van der Waals surface area contributed by atoms with Gasteiger partial charge in [0.05, 0.1) is 23.3 Å². The summed E-state index contributed by atoms with van der Waals surface area (Å²) in [4.78, 5) is 15.6. The second kappa shape index (κ2) is 4.22. The summed E-state index contributed by atoms with van der Waals surface area (Å²) in [7, 11) is 1.42. The number of carboxylic acids is 1. The highest BCUT2D eigenvalue weighted by Crippen LogP contribution is 2.32. The Morgan fingerprint density at radius 1 is 1.47 bits per heavy atom. The van der Waals surface area contributed by atoms with E-state index in [4.69, 9.17) is 16.3 Å². The molecule has 0 aliphatic carbocycles. The van der Waals surface area contributed by atoms with Gasteiger partial charge in [0.2, 0.25) is 0 Å². The SMILES string of the molecule is COc1c(C)nc2c(Cl)cccc2c1C(=O)O. The van der Waals surface area contributed by atoms with E-state index in [1.54, 1.807) is 25.1 Å². The monoisotopic (exact) mass is 251 g/mol. The zero-order valence-electron chi connectivity index (χ0n) is 9.32. The maximum Gasteiger partial charge on any atom is 0.340 e. The molecule has 0 fully saturated rings. The third kappa shape index (κ3) is 1.80. The molecule has 1 aromatic carbocycles. The standard InChI is InChI=1S/C12H10ClNO3/c1-6-11(17-2)9(12(15)16)7-4-3-5-8(13)10(7)14-6/h3-5H,1-2H3,(H,15,16). The number of methoxy groups -OCH3 is 1. The number of carboxylic acid groups (broad SMARTS) is 1. The fourth-order valence-electron chi connectivity index (χ4n) is 1.81. The third-order valence-electron chi connectivity index (χ3n) is 2.51. The van der Waals surface area contributed by atoms with E-state index in [1.807, 2.05) is 0 Å². The van der Waals surface area contributed by atoms with E-state index >= 15 is 0 Å². The molecule has 0 spiro atoms. The number of ether oxygens (including phenoxy) is 1. The normalized spacial score (nSPS) is 10.5. The van der Waals surface area contributed by atoms with Crippen LogP contribution < -0.4 is 4.74 Å². The highest BCUT2D eigenvalue weighted by atomic mass is 35.5. The Morgan fingerprint density at radius 2 is 2.18 bits per heavy atom. The Balaban J connectivity index is 2.98. The number of rotatable bonds is 2. The number of carbonyl (C=O) groups is 1. The Hall–Kier alpha value is -1.81. The van der Waals surface area contributed by atoms with E-state index in [0.717, 1.165) is 0 Å². The first-order valence-electron chi connectivity index (χ1n) is 4.92. The highest BCUT2D eigenvalue weighted by Gasteiger charge is 2.19. The zero-order chi connectivity index (χ0) is 12.6. The maximum absolute atomic E-state index is 11.3. The van der Waals surface area contributed by atoms with Crippen LogP contribution in [0.4, 0.5) is 0 Å². The number of aromatic nitrogens is 1. The lowest BCUT2D eigenvalue weighted by atomic mass is 10.1. The number of aromatic carboxylic acids is 1. The first kappa shape index (κ1) is 11.7. The van der Waals surface area contributed by atoms with Gasteiger partial charge in [-0.05, 0) is 13.0 Å². The van der Waals surface area contributed by atoms with E-state index in [9.17, 15) is 9.90 Å². The molecule has 2 rings (SSSR count). The van der Waals surface area contributed by atoms with Crippen molar-refractivity contribution in [1.29, 1.82) is 0 Å². The number of aryl methyl sites for hydroxylation is 1. The molecule has 0 saturated carbocycles. The second-order valence-electron chi connectivity index (χ2n) is 3.55. The molecule has 1 heterocycles. The van der Waals surface area contributed by atoms with Crippen LogP contribution in [-0.2, 0) is 0 Å². The van der Waals surface area contributed by atoms with Crippen LogP contribution in [0.1, 0.15) is 16.1 Å². The molecule has 0 aliphatic rings. The van der Waals surface area contributed by atoms with Crippen molar-refractivity contribution < 1.29 is 14.6 Å². The van der Waals surface area contributed by atoms with Gasteiger partial charge >= 0.3 is 5.97 Å². The molecule has 0 radical (unpaired) electrons. The van der Waals surface area contributed by atoms with Crippen molar-refractivity contribution in [2.75, 3.05) is 7.11 Å². The lowest BCUT2D eigenvalue weighted by Crippen LogP contribution is -2.05. The number of fused-ring (bicyclic) bond motifs is 1. The van der Waals surface area contributed by atoms with Gasteiger partial charge in [0, 0.05) is 5.39 Å². The Morgan fingerprint density at radius 3 is 2.76 bits per heavy atom. The summed E-state index contributed by atoms with van der Waals surface area (Å²) in [6, 6.07) is 5.03. The van der Waals surface area contributed by atoms with Crippen LogP contribution in [0.2, 0.25) is 5.02 Å². The van der Waals surface area contributed by atoms with Crippen LogP contribution >= 0.6 is 11.6 Å². The number of hydrogen-bond acceptors (Lipinski definition) is 3. The fraction of sp³-hybridized carbons (Fsp3) is 0.167. The number of para-hydroxylation sites is 1. The largest absolute Gasteiger partial charge is 0.494 e. The van der Waals surface area contributed by atoms with E-state index in [1.165, 1.54) is 7.11 Å². The third-order valence-corrected chi connectivity index (χ3v) is 2.81. The van der Waals surface area contributed by atoms with Gasteiger partial charge in [-0.1, -0.05) is 23.7 Å². The minimum atomic E-state index is -1.06. The van der Waals surface area contributed by atoms with Crippen molar-refractivity contribution in [3.63, 3.8) is 0 Å². The van der Waals surface area contributed by atoms with Crippen LogP contribution in [-0.4, -0.2) is 23.2 Å². The van der Waals surface area contributed by atoms with E-state index in [2.05, 4.69) is 4.98 Å². The Bertz CT molecular complexity index is 610. The van der Waals surface area contributed by atoms with Crippen molar-refractivity contribution in [2.24, 2.45) is 0 Å². The van der Waals surface area contributed by atoms with Crippen molar-refractivity contribution in [2.45, 2.75) is 6.92 Å². The van der Waals surface area contributed by atoms with Crippen molar-refractivity contribution >= 4 is 28.5 Å². The van der Waals surface area contributed by atoms with Gasteiger partial charge in [-0.15, -0.1) is 0 Å². The molecule has 0 aliphatic heterocycles. The van der Waals surface area contributed by atoms with Crippen LogP contribution in [0, 0.1) is 6.92 Å². The summed E-state index contributed by atoms with van der Waals surface area (Å²) in [6.07, 6.45) is 0. The molecule has 17 heavy (non-hydrogen) atoms. The predicted octanol–water partition coefficient (Wildman–Crippen LogP) is 2.90. The van der Waals surface area contributed by atoms with Gasteiger partial charge in [0.1, 0.15) is 5.56 Å². The second-order valence-corrected chi connectivity index (χ2v) is 3.95. The predicted molar refractivity (Wildman–Crippen MR) is 65.0 cm³/mol. The van der Waals surface area contributed by atoms with Crippen molar-refractivity contribution in [3.05, 3.63) is 34.5 Å². The molecule has 88 valence electrons. The van der Waals surface area contributed by atoms with Gasteiger partial charge in [0.15, 0.2) is 5.75 Å². The molecular formula is C12H10ClNO3. The summed E-state index contributed by atoms with van der Waals surface area (Å²) in [5, 5.41) is 10.2. The summed E-state index contributed by atoms with van der Waals surface area (Å²) in [6.45, 7) is 1.69. The summed E-state index contributed by atoms with van der Waals surface area (Å²) in [5.41, 5.74) is 1.08. The molecule has 0 amide bonds. The summed E-state index contributed by atoms with van der Waals surface area (Å²) in [5.74, 6) is -0.785. The van der Waals surface area contributed by atoms with Crippen LogP contribution in [0.15, 0.2) is 18.2 Å². The van der Waals surface area contributed by atoms with Crippen LogP contribution in [0.5, 0.6) is 5.75 Å².